The van der Waals surface area contributed by atoms with E-state index in [-0.39, 0.29) is 29.7 Å². The maximum atomic E-state index is 12.0. The number of carbonyl (C=O) groups excluding carboxylic acids is 1. The van der Waals surface area contributed by atoms with Crippen LogP contribution in [0.3, 0.4) is 0 Å². The smallest absolute Gasteiger partial charge is 0.225 e. The molecular weight excluding hydrogens is 210 g/mol. The zero-order chi connectivity index (χ0) is 11.4. The van der Waals surface area contributed by atoms with Gasteiger partial charge >= 0.3 is 0 Å². The van der Waals surface area contributed by atoms with Crippen LogP contribution in [0.1, 0.15) is 33.1 Å². The van der Waals surface area contributed by atoms with Gasteiger partial charge in [-0.15, -0.1) is 0 Å². The SMILES string of the molecule is CC(S)C[C@@H](C)C(=O)N1CCC[C@H]1CO. The number of carbonyl (C=O) groups is 1. The Balaban J connectivity index is 2.51. The fourth-order valence-electron chi connectivity index (χ4n) is 2.21. The fourth-order valence-corrected chi connectivity index (χ4v) is 2.53. The zero-order valence-electron chi connectivity index (χ0n) is 9.52. The van der Waals surface area contributed by atoms with Crippen LogP contribution in [0, 0.1) is 5.92 Å². The van der Waals surface area contributed by atoms with E-state index in [9.17, 15) is 4.79 Å². The molecule has 88 valence electrons. The second-order valence-electron chi connectivity index (χ2n) is 4.50. The minimum Gasteiger partial charge on any atom is -0.394 e. The Kier molecular flexibility index (Phi) is 4.93. The molecule has 1 fully saturated rings. The number of likely N-dealkylation sites (tertiary alicyclic amines) is 1. The molecule has 3 atom stereocenters. The summed E-state index contributed by atoms with van der Waals surface area (Å²) in [6, 6.07) is 0.0511. The van der Waals surface area contributed by atoms with Crippen molar-refractivity contribution in [2.75, 3.05) is 13.2 Å². The third kappa shape index (κ3) is 3.38. The Hall–Kier alpha value is -0.220. The third-order valence-electron chi connectivity index (χ3n) is 2.99. The normalized spacial score (nSPS) is 25.3. The van der Waals surface area contributed by atoms with Gasteiger partial charge in [0.15, 0.2) is 0 Å². The van der Waals surface area contributed by atoms with Gasteiger partial charge in [0, 0.05) is 12.5 Å². The number of thiol groups is 1. The molecule has 0 spiro atoms. The van der Waals surface area contributed by atoms with Gasteiger partial charge in [-0.2, -0.15) is 12.6 Å². The first-order valence-electron chi connectivity index (χ1n) is 5.65. The summed E-state index contributed by atoms with van der Waals surface area (Å²) < 4.78 is 0. The van der Waals surface area contributed by atoms with Gasteiger partial charge in [0.1, 0.15) is 0 Å². The summed E-state index contributed by atoms with van der Waals surface area (Å²) in [5.41, 5.74) is 0. The lowest BCUT2D eigenvalue weighted by molar-refractivity contribution is -0.136. The van der Waals surface area contributed by atoms with Crippen molar-refractivity contribution in [3.05, 3.63) is 0 Å². The molecule has 1 aliphatic heterocycles. The fraction of sp³-hybridized carbons (Fsp3) is 0.909. The van der Waals surface area contributed by atoms with E-state index in [0.717, 1.165) is 25.8 Å². The van der Waals surface area contributed by atoms with Crippen molar-refractivity contribution >= 4 is 18.5 Å². The predicted octanol–water partition coefficient (Wildman–Crippen LogP) is 1.31. The van der Waals surface area contributed by atoms with E-state index in [1.807, 2.05) is 18.7 Å². The van der Waals surface area contributed by atoms with Gasteiger partial charge in [0.25, 0.3) is 0 Å². The van der Waals surface area contributed by atoms with E-state index in [2.05, 4.69) is 12.6 Å². The van der Waals surface area contributed by atoms with Crippen molar-refractivity contribution in [1.82, 2.24) is 4.90 Å². The zero-order valence-corrected chi connectivity index (χ0v) is 10.4. The van der Waals surface area contributed by atoms with E-state index in [1.165, 1.54) is 0 Å². The van der Waals surface area contributed by atoms with E-state index in [1.54, 1.807) is 0 Å². The van der Waals surface area contributed by atoms with Crippen LogP contribution in [0.5, 0.6) is 0 Å². The highest BCUT2D eigenvalue weighted by molar-refractivity contribution is 7.80. The third-order valence-corrected chi connectivity index (χ3v) is 3.20. The summed E-state index contributed by atoms with van der Waals surface area (Å²) in [6.07, 6.45) is 2.75. The van der Waals surface area contributed by atoms with Crippen molar-refractivity contribution in [2.24, 2.45) is 5.92 Å². The van der Waals surface area contributed by atoms with Crippen molar-refractivity contribution in [3.8, 4) is 0 Å². The van der Waals surface area contributed by atoms with Crippen molar-refractivity contribution in [1.29, 1.82) is 0 Å². The van der Waals surface area contributed by atoms with Crippen molar-refractivity contribution in [3.63, 3.8) is 0 Å². The number of aliphatic hydroxyl groups is 1. The summed E-state index contributed by atoms with van der Waals surface area (Å²) in [7, 11) is 0. The number of nitrogens with zero attached hydrogens (tertiary/aromatic N) is 1. The monoisotopic (exact) mass is 231 g/mol. The Morgan fingerprint density at radius 2 is 2.27 bits per heavy atom. The van der Waals surface area contributed by atoms with Crippen LogP contribution in [0.25, 0.3) is 0 Å². The number of hydrogen-bond acceptors (Lipinski definition) is 3. The summed E-state index contributed by atoms with van der Waals surface area (Å²) in [5, 5.41) is 9.39. The molecule has 0 radical (unpaired) electrons. The number of amides is 1. The maximum absolute atomic E-state index is 12.0. The lowest BCUT2D eigenvalue weighted by atomic mass is 10.0. The summed E-state index contributed by atoms with van der Waals surface area (Å²) in [6.45, 7) is 4.84. The molecule has 1 heterocycles. The second kappa shape index (κ2) is 5.75. The molecule has 1 rings (SSSR count). The van der Waals surface area contributed by atoms with E-state index in [0.29, 0.717) is 0 Å². The Morgan fingerprint density at radius 1 is 1.60 bits per heavy atom. The Bertz CT molecular complexity index is 221. The van der Waals surface area contributed by atoms with Gasteiger partial charge in [-0.3, -0.25) is 4.79 Å². The molecule has 0 aromatic heterocycles. The average molecular weight is 231 g/mol. The molecule has 1 unspecified atom stereocenters. The first-order valence-corrected chi connectivity index (χ1v) is 6.17. The van der Waals surface area contributed by atoms with Crippen LogP contribution in [-0.4, -0.2) is 40.4 Å². The molecule has 0 bridgehead atoms. The number of aliphatic hydroxyl groups excluding tert-OH is 1. The van der Waals surface area contributed by atoms with Gasteiger partial charge in [0.05, 0.1) is 12.6 Å². The molecule has 0 aromatic carbocycles. The Labute approximate surface area is 97.3 Å². The molecule has 0 saturated carbocycles. The summed E-state index contributed by atoms with van der Waals surface area (Å²) in [5.74, 6) is 0.192. The molecular formula is C11H21NO2S. The molecule has 1 aliphatic rings. The molecule has 1 N–H and O–H groups in total. The second-order valence-corrected chi connectivity index (χ2v) is 5.38. The predicted molar refractivity (Wildman–Crippen MR) is 64.0 cm³/mol. The largest absolute Gasteiger partial charge is 0.394 e. The van der Waals surface area contributed by atoms with Gasteiger partial charge in [0.2, 0.25) is 5.91 Å². The summed E-state index contributed by atoms with van der Waals surface area (Å²) in [4.78, 5) is 13.9. The van der Waals surface area contributed by atoms with Crippen LogP contribution < -0.4 is 0 Å². The highest BCUT2D eigenvalue weighted by Crippen LogP contribution is 2.21. The maximum Gasteiger partial charge on any atom is 0.225 e. The number of rotatable bonds is 4. The Morgan fingerprint density at radius 3 is 2.80 bits per heavy atom. The lowest BCUT2D eigenvalue weighted by Gasteiger charge is -2.26. The first kappa shape index (κ1) is 12.8. The van der Waals surface area contributed by atoms with E-state index < -0.39 is 0 Å². The molecule has 0 aliphatic carbocycles. The van der Waals surface area contributed by atoms with E-state index in [4.69, 9.17) is 5.11 Å². The molecule has 1 amide bonds. The van der Waals surface area contributed by atoms with Gasteiger partial charge in [-0.05, 0) is 24.5 Å². The van der Waals surface area contributed by atoms with Gasteiger partial charge in [-0.25, -0.2) is 0 Å². The molecule has 4 heteroatoms. The van der Waals surface area contributed by atoms with Crippen LogP contribution >= 0.6 is 12.6 Å². The molecule has 15 heavy (non-hydrogen) atoms. The van der Waals surface area contributed by atoms with Crippen LogP contribution in [0.2, 0.25) is 0 Å². The summed E-state index contributed by atoms with van der Waals surface area (Å²) >= 11 is 4.30. The van der Waals surface area contributed by atoms with Crippen molar-refractivity contribution in [2.45, 2.75) is 44.4 Å². The van der Waals surface area contributed by atoms with Gasteiger partial charge in [-0.1, -0.05) is 13.8 Å². The minimum atomic E-state index is 0.0182. The number of hydrogen-bond donors (Lipinski definition) is 2. The minimum absolute atomic E-state index is 0.0182. The lowest BCUT2D eigenvalue weighted by Crippen LogP contribution is -2.41. The quantitative estimate of drug-likeness (QED) is 0.716. The molecule has 1 saturated heterocycles. The van der Waals surface area contributed by atoms with Crippen LogP contribution in [0.4, 0.5) is 0 Å². The van der Waals surface area contributed by atoms with Crippen LogP contribution in [-0.2, 0) is 4.79 Å². The topological polar surface area (TPSA) is 40.5 Å². The molecule has 3 nitrogen and oxygen atoms in total. The van der Waals surface area contributed by atoms with Gasteiger partial charge < -0.3 is 10.0 Å². The van der Waals surface area contributed by atoms with Crippen molar-refractivity contribution < 1.29 is 9.90 Å². The standard InChI is InChI=1S/C11H21NO2S/c1-8(6-9(2)15)11(14)12-5-3-4-10(12)7-13/h8-10,13,15H,3-7H2,1-2H3/t8-,9?,10+/m1/s1. The first-order chi connectivity index (χ1) is 7.06. The highest BCUT2D eigenvalue weighted by Gasteiger charge is 2.30. The molecule has 0 aromatic rings. The van der Waals surface area contributed by atoms with E-state index >= 15 is 0 Å². The van der Waals surface area contributed by atoms with Crippen LogP contribution in [0.15, 0.2) is 0 Å². The highest BCUT2D eigenvalue weighted by atomic mass is 32.1. The average Bonchev–Trinajstić information content (AvgIpc) is 2.62.